The molecule has 1 saturated carbocycles. The quantitative estimate of drug-likeness (QED) is 0.189. The number of carbonyl (C=O) groups is 1. The third-order valence-electron chi connectivity index (χ3n) is 8.62. The fourth-order valence-electron chi connectivity index (χ4n) is 6.19. The molecule has 2 aromatic carbocycles. The summed E-state index contributed by atoms with van der Waals surface area (Å²) in [6, 6.07) is 17.6. The molecule has 4 rings (SSSR count). The smallest absolute Gasteiger partial charge is 0.303 e. The molecule has 1 N–H and O–H groups in total. The van der Waals surface area contributed by atoms with E-state index in [1.807, 2.05) is 0 Å². The van der Waals surface area contributed by atoms with Gasteiger partial charge in [0.15, 0.2) is 5.82 Å². The lowest BCUT2D eigenvalue weighted by molar-refractivity contribution is -0.137. The Bertz CT molecular complexity index is 1130. The van der Waals surface area contributed by atoms with Crippen LogP contribution in [0.1, 0.15) is 114 Å². The molecule has 1 aromatic heterocycles. The van der Waals surface area contributed by atoms with Crippen LogP contribution in [-0.2, 0) is 16.6 Å². The zero-order valence-electron chi connectivity index (χ0n) is 23.8. The highest BCUT2D eigenvalue weighted by Crippen LogP contribution is 2.44. The van der Waals surface area contributed by atoms with Gasteiger partial charge in [0.05, 0.1) is 0 Å². The van der Waals surface area contributed by atoms with Gasteiger partial charge in [0.25, 0.3) is 0 Å². The SMILES string of the molecule is CCCCCc1ccc(-c2ccc(-c3ncc(C4(CCCCCCCCC(=O)O)CCCC4)cn3)cc2)cc1. The highest BCUT2D eigenvalue weighted by atomic mass is 16.4. The fraction of sp³-hybridized carbons (Fsp3) is 0.514. The standard InChI is InChI=1S/C35H46N2O2/c1-2-3-8-13-28-15-17-29(18-16-28)30-19-21-31(22-20-30)34-36-26-32(27-37-34)35(24-11-12-25-35)23-10-7-5-4-6-9-14-33(38)39/h15-22,26-27H,2-14,23-25H2,1H3,(H,38,39). The minimum Gasteiger partial charge on any atom is -0.481 e. The van der Waals surface area contributed by atoms with Crippen molar-refractivity contribution in [1.82, 2.24) is 9.97 Å². The van der Waals surface area contributed by atoms with Gasteiger partial charge in [0.2, 0.25) is 0 Å². The molecule has 3 aromatic rings. The van der Waals surface area contributed by atoms with Crippen molar-refractivity contribution in [3.63, 3.8) is 0 Å². The second-order valence-corrected chi connectivity index (χ2v) is 11.5. The number of aliphatic carboxylic acids is 1. The molecular weight excluding hydrogens is 480 g/mol. The minimum absolute atomic E-state index is 0.231. The lowest BCUT2D eigenvalue weighted by atomic mass is 9.76. The Kier molecular flexibility index (Phi) is 11.1. The molecule has 0 spiro atoms. The molecule has 0 amide bonds. The van der Waals surface area contributed by atoms with Crippen LogP contribution in [0.25, 0.3) is 22.5 Å². The van der Waals surface area contributed by atoms with Gasteiger partial charge < -0.3 is 5.11 Å². The summed E-state index contributed by atoms with van der Waals surface area (Å²) in [5.41, 5.74) is 6.49. The second kappa shape index (κ2) is 15.0. The molecule has 0 radical (unpaired) electrons. The first-order valence-corrected chi connectivity index (χ1v) is 15.3. The van der Waals surface area contributed by atoms with Crippen LogP contribution in [0.2, 0.25) is 0 Å². The number of carboxylic acid groups (broad SMARTS) is 1. The van der Waals surface area contributed by atoms with Crippen molar-refractivity contribution in [2.45, 2.75) is 115 Å². The monoisotopic (exact) mass is 526 g/mol. The number of aromatic nitrogens is 2. The Hall–Kier alpha value is -3.01. The summed E-state index contributed by atoms with van der Waals surface area (Å²) in [5.74, 6) is 0.119. The number of rotatable bonds is 16. The first-order chi connectivity index (χ1) is 19.1. The molecule has 1 fully saturated rings. The summed E-state index contributed by atoms with van der Waals surface area (Å²) >= 11 is 0. The topological polar surface area (TPSA) is 63.1 Å². The predicted molar refractivity (Wildman–Crippen MR) is 161 cm³/mol. The molecule has 1 heterocycles. The fourth-order valence-corrected chi connectivity index (χ4v) is 6.19. The van der Waals surface area contributed by atoms with Gasteiger partial charge >= 0.3 is 5.97 Å². The van der Waals surface area contributed by atoms with E-state index < -0.39 is 5.97 Å². The van der Waals surface area contributed by atoms with Gasteiger partial charge in [-0.3, -0.25) is 4.79 Å². The van der Waals surface area contributed by atoms with E-state index in [-0.39, 0.29) is 5.41 Å². The summed E-state index contributed by atoms with van der Waals surface area (Å²) in [6.45, 7) is 2.25. The maximum absolute atomic E-state index is 10.7. The number of carboxylic acids is 1. The number of benzene rings is 2. The van der Waals surface area contributed by atoms with Gasteiger partial charge in [0.1, 0.15) is 0 Å². The van der Waals surface area contributed by atoms with E-state index in [1.165, 1.54) is 92.9 Å². The minimum atomic E-state index is -0.679. The van der Waals surface area contributed by atoms with E-state index >= 15 is 0 Å². The van der Waals surface area contributed by atoms with Gasteiger partial charge in [0, 0.05) is 24.4 Å². The average Bonchev–Trinajstić information content (AvgIpc) is 3.45. The van der Waals surface area contributed by atoms with Gasteiger partial charge in [-0.15, -0.1) is 0 Å². The van der Waals surface area contributed by atoms with E-state index in [1.54, 1.807) is 0 Å². The van der Waals surface area contributed by atoms with Crippen LogP contribution in [0.5, 0.6) is 0 Å². The largest absolute Gasteiger partial charge is 0.481 e. The van der Waals surface area contributed by atoms with E-state index in [2.05, 4.69) is 67.8 Å². The van der Waals surface area contributed by atoms with Crippen molar-refractivity contribution in [2.75, 3.05) is 0 Å². The summed E-state index contributed by atoms with van der Waals surface area (Å²) < 4.78 is 0. The first-order valence-electron chi connectivity index (χ1n) is 15.3. The summed E-state index contributed by atoms with van der Waals surface area (Å²) in [5, 5.41) is 8.77. The van der Waals surface area contributed by atoms with Crippen molar-refractivity contribution in [1.29, 1.82) is 0 Å². The lowest BCUT2D eigenvalue weighted by Crippen LogP contribution is -2.22. The maximum Gasteiger partial charge on any atom is 0.303 e. The third kappa shape index (κ3) is 8.49. The number of hydrogen-bond donors (Lipinski definition) is 1. The van der Waals surface area contributed by atoms with Crippen LogP contribution in [0.3, 0.4) is 0 Å². The zero-order chi connectivity index (χ0) is 27.3. The van der Waals surface area contributed by atoms with Crippen LogP contribution in [-0.4, -0.2) is 21.0 Å². The van der Waals surface area contributed by atoms with Crippen LogP contribution in [0, 0.1) is 0 Å². The maximum atomic E-state index is 10.7. The van der Waals surface area contributed by atoms with Crippen molar-refractivity contribution in [2.24, 2.45) is 0 Å². The van der Waals surface area contributed by atoms with Crippen LogP contribution in [0.15, 0.2) is 60.9 Å². The Morgan fingerprint density at radius 1 is 0.744 bits per heavy atom. The molecule has 1 aliphatic rings. The van der Waals surface area contributed by atoms with Crippen molar-refractivity contribution in [3.8, 4) is 22.5 Å². The molecule has 0 aliphatic heterocycles. The summed E-state index contributed by atoms with van der Waals surface area (Å²) in [7, 11) is 0. The molecule has 0 atom stereocenters. The van der Waals surface area contributed by atoms with E-state index in [4.69, 9.17) is 15.1 Å². The van der Waals surface area contributed by atoms with E-state index in [0.29, 0.717) is 6.42 Å². The lowest BCUT2D eigenvalue weighted by Gasteiger charge is -2.29. The highest BCUT2D eigenvalue weighted by molar-refractivity contribution is 5.68. The summed E-state index contributed by atoms with van der Waals surface area (Å²) in [6.07, 6.45) is 22.3. The Balaban J connectivity index is 1.31. The van der Waals surface area contributed by atoms with Gasteiger partial charge in [-0.25, -0.2) is 9.97 Å². The Morgan fingerprint density at radius 3 is 1.92 bits per heavy atom. The third-order valence-corrected chi connectivity index (χ3v) is 8.62. The molecule has 1 aliphatic carbocycles. The highest BCUT2D eigenvalue weighted by Gasteiger charge is 2.35. The molecule has 0 saturated heterocycles. The first kappa shape index (κ1) is 29.0. The molecule has 4 nitrogen and oxygen atoms in total. The molecule has 39 heavy (non-hydrogen) atoms. The van der Waals surface area contributed by atoms with E-state index in [9.17, 15) is 4.79 Å². The number of hydrogen-bond acceptors (Lipinski definition) is 3. The van der Waals surface area contributed by atoms with Crippen molar-refractivity contribution >= 4 is 5.97 Å². The number of nitrogens with zero attached hydrogens (tertiary/aromatic N) is 2. The average molecular weight is 527 g/mol. The Labute approximate surface area is 235 Å². The molecule has 4 heteroatoms. The number of unbranched alkanes of at least 4 members (excludes halogenated alkanes) is 7. The Morgan fingerprint density at radius 2 is 1.31 bits per heavy atom. The van der Waals surface area contributed by atoms with Crippen LogP contribution < -0.4 is 0 Å². The van der Waals surface area contributed by atoms with Crippen LogP contribution >= 0.6 is 0 Å². The summed E-state index contributed by atoms with van der Waals surface area (Å²) in [4.78, 5) is 20.3. The second-order valence-electron chi connectivity index (χ2n) is 11.5. The normalized spacial score (nSPS) is 14.5. The van der Waals surface area contributed by atoms with Gasteiger partial charge in [-0.1, -0.05) is 113 Å². The van der Waals surface area contributed by atoms with Gasteiger partial charge in [-0.2, -0.15) is 0 Å². The van der Waals surface area contributed by atoms with E-state index in [0.717, 1.165) is 37.1 Å². The zero-order valence-corrected chi connectivity index (χ0v) is 23.8. The molecule has 208 valence electrons. The predicted octanol–water partition coefficient (Wildman–Crippen LogP) is 9.56. The van der Waals surface area contributed by atoms with Crippen LogP contribution in [0.4, 0.5) is 0 Å². The number of aryl methyl sites for hydroxylation is 1. The molecule has 0 bridgehead atoms. The molecular formula is C35H46N2O2. The van der Waals surface area contributed by atoms with Crippen molar-refractivity contribution < 1.29 is 9.90 Å². The van der Waals surface area contributed by atoms with Crippen molar-refractivity contribution in [3.05, 3.63) is 72.1 Å². The molecule has 0 unspecified atom stereocenters. The van der Waals surface area contributed by atoms with Gasteiger partial charge in [-0.05, 0) is 66.2 Å².